The van der Waals surface area contributed by atoms with Gasteiger partial charge in [0, 0.05) is 11.1 Å². The number of amides is 1. The van der Waals surface area contributed by atoms with Crippen LogP contribution in [-0.2, 0) is 10.0 Å². The largest absolute Gasteiger partial charge is 0.317 e. The van der Waals surface area contributed by atoms with Crippen LogP contribution in [0.1, 0.15) is 31.1 Å². The van der Waals surface area contributed by atoms with E-state index in [0.717, 1.165) is 24.3 Å². The van der Waals surface area contributed by atoms with Gasteiger partial charge in [-0.05, 0) is 51.1 Å². The van der Waals surface area contributed by atoms with E-state index in [1.54, 1.807) is 20.8 Å². The normalized spacial score (nSPS) is 12.1. The number of nitrogens with one attached hydrogen (secondary N) is 2. The molecule has 0 heterocycles. The van der Waals surface area contributed by atoms with E-state index in [1.165, 1.54) is 12.1 Å². The minimum absolute atomic E-state index is 0.0876. The molecule has 9 heteroatoms. The number of benzene rings is 2. The zero-order valence-electron chi connectivity index (χ0n) is 14.2. The molecule has 0 unspecified atom stereocenters. The van der Waals surface area contributed by atoms with Gasteiger partial charge in [0.1, 0.15) is 22.2 Å². The van der Waals surface area contributed by atoms with E-state index in [0.29, 0.717) is 0 Å². The fraction of sp³-hybridized carbons (Fsp3) is 0.235. The summed E-state index contributed by atoms with van der Waals surface area (Å²) in [6.07, 6.45) is 0. The highest BCUT2D eigenvalue weighted by atomic mass is 35.5. The van der Waals surface area contributed by atoms with Crippen LogP contribution in [0.4, 0.5) is 14.5 Å². The molecule has 0 atom stereocenters. The SMILES string of the molecule is CC(C)(C)NS(=O)(=O)c1cc(C(=O)Nc2c(F)cccc2F)ccc1Cl. The second-order valence-electron chi connectivity index (χ2n) is 6.55. The lowest BCUT2D eigenvalue weighted by atomic mass is 10.1. The van der Waals surface area contributed by atoms with Gasteiger partial charge in [-0.15, -0.1) is 0 Å². The van der Waals surface area contributed by atoms with Gasteiger partial charge in [-0.25, -0.2) is 21.9 Å². The standard InChI is InChI=1S/C17H17ClF2N2O3S/c1-17(2,3)22-26(24,25)14-9-10(7-8-11(14)18)16(23)21-15-12(19)5-4-6-13(15)20/h4-9,22H,1-3H3,(H,21,23). The Labute approximate surface area is 155 Å². The van der Waals surface area contributed by atoms with Crippen molar-refractivity contribution in [1.29, 1.82) is 0 Å². The van der Waals surface area contributed by atoms with Crippen molar-refractivity contribution in [3.8, 4) is 0 Å². The summed E-state index contributed by atoms with van der Waals surface area (Å²) >= 11 is 5.95. The van der Waals surface area contributed by atoms with Crippen molar-refractivity contribution in [3.05, 3.63) is 58.6 Å². The number of rotatable bonds is 4. The fourth-order valence-corrected chi connectivity index (χ4v) is 4.06. The molecule has 0 saturated heterocycles. The summed E-state index contributed by atoms with van der Waals surface area (Å²) < 4.78 is 54.7. The predicted molar refractivity (Wildman–Crippen MR) is 95.8 cm³/mol. The van der Waals surface area contributed by atoms with Crippen LogP contribution >= 0.6 is 11.6 Å². The van der Waals surface area contributed by atoms with Crippen LogP contribution < -0.4 is 10.0 Å². The Bertz CT molecular complexity index is 937. The molecule has 1 amide bonds. The Morgan fingerprint density at radius 3 is 2.19 bits per heavy atom. The van der Waals surface area contributed by atoms with Crippen LogP contribution in [0.25, 0.3) is 0 Å². The molecule has 0 bridgehead atoms. The second kappa shape index (κ2) is 7.30. The van der Waals surface area contributed by atoms with Gasteiger partial charge in [0.2, 0.25) is 10.0 Å². The van der Waals surface area contributed by atoms with E-state index in [-0.39, 0.29) is 15.5 Å². The number of anilines is 1. The number of carbonyl (C=O) groups excluding carboxylic acids is 1. The van der Waals surface area contributed by atoms with E-state index in [9.17, 15) is 22.0 Å². The van der Waals surface area contributed by atoms with Crippen molar-refractivity contribution < 1.29 is 22.0 Å². The van der Waals surface area contributed by atoms with Crippen LogP contribution in [0.5, 0.6) is 0 Å². The molecule has 2 rings (SSSR count). The molecule has 0 aromatic heterocycles. The van der Waals surface area contributed by atoms with Crippen LogP contribution in [0.2, 0.25) is 5.02 Å². The Morgan fingerprint density at radius 2 is 1.65 bits per heavy atom. The highest BCUT2D eigenvalue weighted by molar-refractivity contribution is 7.89. The first kappa shape index (κ1) is 20.3. The molecule has 2 aromatic carbocycles. The Morgan fingerprint density at radius 1 is 1.08 bits per heavy atom. The number of hydrogen-bond donors (Lipinski definition) is 2. The monoisotopic (exact) mass is 402 g/mol. The lowest BCUT2D eigenvalue weighted by Crippen LogP contribution is -2.40. The minimum atomic E-state index is -4.00. The molecular weight excluding hydrogens is 386 g/mol. The molecule has 140 valence electrons. The third-order valence-electron chi connectivity index (χ3n) is 3.12. The molecule has 0 spiro atoms. The number of hydrogen-bond acceptors (Lipinski definition) is 3. The summed E-state index contributed by atoms with van der Waals surface area (Å²) in [6.45, 7) is 4.95. The average molecular weight is 403 g/mol. The van der Waals surface area contributed by atoms with Gasteiger partial charge in [-0.1, -0.05) is 17.7 Å². The molecule has 0 aliphatic rings. The summed E-state index contributed by atoms with van der Waals surface area (Å²) in [5.41, 5.74) is -1.51. The van der Waals surface area contributed by atoms with Crippen molar-refractivity contribution in [3.63, 3.8) is 0 Å². The number of sulfonamides is 1. The quantitative estimate of drug-likeness (QED) is 0.813. The van der Waals surface area contributed by atoms with Crippen LogP contribution in [0, 0.1) is 11.6 Å². The van der Waals surface area contributed by atoms with Crippen molar-refractivity contribution in [2.24, 2.45) is 0 Å². The molecular formula is C17H17ClF2N2O3S. The van der Waals surface area contributed by atoms with Crippen LogP contribution in [0.15, 0.2) is 41.3 Å². The van der Waals surface area contributed by atoms with Crippen molar-refractivity contribution in [2.45, 2.75) is 31.2 Å². The first-order valence-electron chi connectivity index (χ1n) is 7.49. The van der Waals surface area contributed by atoms with Crippen molar-refractivity contribution >= 4 is 33.2 Å². The van der Waals surface area contributed by atoms with Crippen LogP contribution in [-0.4, -0.2) is 19.9 Å². The van der Waals surface area contributed by atoms with Crippen LogP contribution in [0.3, 0.4) is 0 Å². The summed E-state index contributed by atoms with van der Waals surface area (Å²) in [4.78, 5) is 12.0. The average Bonchev–Trinajstić information content (AvgIpc) is 2.48. The Balaban J connectivity index is 2.39. The molecule has 2 aromatic rings. The minimum Gasteiger partial charge on any atom is -0.317 e. The van der Waals surface area contributed by atoms with Gasteiger partial charge in [-0.3, -0.25) is 4.79 Å². The third-order valence-corrected chi connectivity index (χ3v) is 5.36. The van der Waals surface area contributed by atoms with E-state index in [1.807, 2.05) is 0 Å². The van der Waals surface area contributed by atoms with E-state index >= 15 is 0 Å². The molecule has 0 saturated carbocycles. The molecule has 0 aliphatic heterocycles. The van der Waals surface area contributed by atoms with Gasteiger partial charge in [-0.2, -0.15) is 0 Å². The van der Waals surface area contributed by atoms with Gasteiger partial charge in [0.15, 0.2) is 0 Å². The van der Waals surface area contributed by atoms with Gasteiger partial charge in [0.25, 0.3) is 5.91 Å². The lowest BCUT2D eigenvalue weighted by Gasteiger charge is -2.21. The summed E-state index contributed by atoms with van der Waals surface area (Å²) in [6, 6.07) is 6.67. The highest BCUT2D eigenvalue weighted by Gasteiger charge is 2.25. The fourth-order valence-electron chi connectivity index (χ4n) is 2.11. The molecule has 5 nitrogen and oxygen atoms in total. The van der Waals surface area contributed by atoms with E-state index < -0.39 is 38.8 Å². The van der Waals surface area contributed by atoms with E-state index in [4.69, 9.17) is 11.6 Å². The Kier molecular flexibility index (Phi) is 5.70. The first-order valence-corrected chi connectivity index (χ1v) is 9.36. The lowest BCUT2D eigenvalue weighted by molar-refractivity contribution is 0.102. The molecule has 0 radical (unpaired) electrons. The maximum absolute atomic E-state index is 13.7. The molecule has 0 aliphatic carbocycles. The zero-order chi connectivity index (χ0) is 19.7. The predicted octanol–water partition coefficient (Wildman–Crippen LogP) is 3.95. The van der Waals surface area contributed by atoms with Gasteiger partial charge >= 0.3 is 0 Å². The van der Waals surface area contributed by atoms with Gasteiger partial charge in [0.05, 0.1) is 5.02 Å². The first-order chi connectivity index (χ1) is 11.9. The topological polar surface area (TPSA) is 75.3 Å². The Hall–Kier alpha value is -2.03. The van der Waals surface area contributed by atoms with E-state index in [2.05, 4.69) is 10.0 Å². The maximum atomic E-state index is 13.7. The van der Waals surface area contributed by atoms with Gasteiger partial charge < -0.3 is 5.32 Å². The molecule has 26 heavy (non-hydrogen) atoms. The smallest absolute Gasteiger partial charge is 0.255 e. The maximum Gasteiger partial charge on any atom is 0.255 e. The zero-order valence-corrected chi connectivity index (χ0v) is 15.8. The van der Waals surface area contributed by atoms with Crippen molar-refractivity contribution in [1.82, 2.24) is 4.72 Å². The summed E-state index contributed by atoms with van der Waals surface area (Å²) in [5, 5.41) is 2.01. The highest BCUT2D eigenvalue weighted by Crippen LogP contribution is 2.25. The molecule has 2 N–H and O–H groups in total. The number of halogens is 3. The van der Waals surface area contributed by atoms with Crippen molar-refractivity contribution in [2.75, 3.05) is 5.32 Å². The number of carbonyl (C=O) groups is 1. The number of para-hydroxylation sites is 1. The third kappa shape index (κ3) is 4.78. The second-order valence-corrected chi connectivity index (χ2v) is 8.61. The summed E-state index contributed by atoms with van der Waals surface area (Å²) in [5.74, 6) is -2.78. The molecule has 0 fully saturated rings. The summed E-state index contributed by atoms with van der Waals surface area (Å²) in [7, 11) is -4.00.